The van der Waals surface area contributed by atoms with Crippen LogP contribution < -0.4 is 20.3 Å². The number of methoxy groups -OCH3 is 1. The zero-order valence-corrected chi connectivity index (χ0v) is 32.0. The van der Waals surface area contributed by atoms with Gasteiger partial charge in [0.1, 0.15) is 11.8 Å². The molecule has 2 N–H and O–H groups in total. The molecule has 1 aliphatic carbocycles. The third-order valence-electron chi connectivity index (χ3n) is 12.6. The van der Waals surface area contributed by atoms with Crippen molar-refractivity contribution < 1.29 is 19.1 Å². The summed E-state index contributed by atoms with van der Waals surface area (Å²) in [5.74, 6) is 0.0105. The topological polar surface area (TPSA) is 145 Å². The summed E-state index contributed by atoms with van der Waals surface area (Å²) in [6.07, 6.45) is 15.2. The van der Waals surface area contributed by atoms with Crippen molar-refractivity contribution in [2.24, 2.45) is 11.3 Å². The highest BCUT2D eigenvalue weighted by molar-refractivity contribution is 6.31. The molecule has 4 aromatic rings. The number of hydrogen-bond donors (Lipinski definition) is 2. The van der Waals surface area contributed by atoms with Gasteiger partial charge in [-0.15, -0.1) is 0 Å². The van der Waals surface area contributed by atoms with Crippen LogP contribution in [0.1, 0.15) is 97.7 Å². The Labute approximate surface area is 326 Å². The van der Waals surface area contributed by atoms with Crippen LogP contribution in [-0.2, 0) is 9.59 Å². The first kappa shape index (κ1) is 37.0. The van der Waals surface area contributed by atoms with E-state index in [-0.39, 0.29) is 23.6 Å². The summed E-state index contributed by atoms with van der Waals surface area (Å²) in [6.45, 7) is 5.48. The van der Waals surface area contributed by atoms with Crippen LogP contribution >= 0.6 is 11.6 Å². The number of pyridine rings is 1. The van der Waals surface area contributed by atoms with Crippen molar-refractivity contribution in [3.63, 3.8) is 0 Å². The molecule has 5 heterocycles. The maximum absolute atomic E-state index is 13.0. The van der Waals surface area contributed by atoms with E-state index in [1.54, 1.807) is 7.11 Å². The zero-order chi connectivity index (χ0) is 38.1. The van der Waals surface area contributed by atoms with E-state index in [0.29, 0.717) is 57.8 Å². The molecule has 1 spiro atoms. The van der Waals surface area contributed by atoms with Crippen molar-refractivity contribution in [1.29, 1.82) is 5.26 Å². The Morgan fingerprint density at radius 2 is 1.78 bits per heavy atom. The van der Waals surface area contributed by atoms with E-state index in [0.717, 1.165) is 67.7 Å². The Kier molecular flexibility index (Phi) is 10.5. The average molecular weight is 763 g/mol. The molecule has 2 aromatic carbocycles. The van der Waals surface area contributed by atoms with Gasteiger partial charge in [-0.3, -0.25) is 29.4 Å². The SMILES string of the molecule is COc1cc2nn([C@H]3CC[C@H](CN4CCC5(CC4)CCN(c4ccc(Cl)c(C6CCC(=O)NC6=O)c4)CC5)CC3)cc2cc1NC(=O)c1cncc(C#N)c1. The van der Waals surface area contributed by atoms with Gasteiger partial charge in [0.05, 0.1) is 41.4 Å². The van der Waals surface area contributed by atoms with E-state index >= 15 is 0 Å². The van der Waals surface area contributed by atoms with E-state index in [4.69, 9.17) is 21.4 Å². The minimum absolute atomic E-state index is 0.211. The van der Waals surface area contributed by atoms with Gasteiger partial charge in [-0.25, -0.2) is 0 Å². The van der Waals surface area contributed by atoms with Crippen molar-refractivity contribution in [2.75, 3.05) is 50.1 Å². The quantitative estimate of drug-likeness (QED) is 0.184. The second-order valence-corrected chi connectivity index (χ2v) is 16.3. The number of carbonyl (C=O) groups excluding carboxylic acids is 3. The largest absolute Gasteiger partial charge is 0.494 e. The first-order valence-electron chi connectivity index (χ1n) is 19.5. The molecule has 3 amide bonds. The summed E-state index contributed by atoms with van der Waals surface area (Å²) in [6, 6.07) is 13.7. The number of benzene rings is 2. The number of halogens is 1. The number of aromatic nitrogens is 3. The minimum atomic E-state index is -0.382. The van der Waals surface area contributed by atoms with Gasteiger partial charge in [-0.05, 0) is 118 Å². The highest BCUT2D eigenvalue weighted by Crippen LogP contribution is 2.44. The maximum atomic E-state index is 13.0. The lowest BCUT2D eigenvalue weighted by atomic mass is 9.71. The van der Waals surface area contributed by atoms with Crippen LogP contribution in [0.15, 0.2) is 55.0 Å². The fourth-order valence-electron chi connectivity index (χ4n) is 9.24. The highest BCUT2D eigenvalue weighted by Gasteiger charge is 2.39. The summed E-state index contributed by atoms with van der Waals surface area (Å²) in [4.78, 5) is 46.4. The molecule has 1 unspecified atom stereocenters. The van der Waals surface area contributed by atoms with Crippen molar-refractivity contribution in [1.82, 2.24) is 25.0 Å². The lowest BCUT2D eigenvalue weighted by molar-refractivity contribution is -0.134. The molecule has 13 heteroatoms. The lowest BCUT2D eigenvalue weighted by Crippen LogP contribution is -2.48. The van der Waals surface area contributed by atoms with Crippen LogP contribution in [0.5, 0.6) is 5.75 Å². The Morgan fingerprint density at radius 1 is 1.02 bits per heavy atom. The van der Waals surface area contributed by atoms with Gasteiger partial charge in [0.25, 0.3) is 5.91 Å². The molecule has 286 valence electrons. The molecule has 8 rings (SSSR count). The molecular weight excluding hydrogens is 716 g/mol. The van der Waals surface area contributed by atoms with Crippen LogP contribution in [0, 0.1) is 22.7 Å². The predicted molar refractivity (Wildman–Crippen MR) is 210 cm³/mol. The number of imide groups is 1. The molecule has 12 nitrogen and oxygen atoms in total. The number of hydrogen-bond acceptors (Lipinski definition) is 9. The third-order valence-corrected chi connectivity index (χ3v) is 13.0. The normalized spacial score (nSPS) is 23.0. The number of likely N-dealkylation sites (tertiary alicyclic amines) is 1. The smallest absolute Gasteiger partial charge is 0.257 e. The van der Waals surface area contributed by atoms with Gasteiger partial charge in [-0.1, -0.05) is 11.6 Å². The van der Waals surface area contributed by atoms with Gasteiger partial charge in [-0.2, -0.15) is 10.4 Å². The molecule has 4 fully saturated rings. The van der Waals surface area contributed by atoms with Crippen LogP contribution in [0.2, 0.25) is 5.02 Å². The number of amides is 3. The minimum Gasteiger partial charge on any atom is -0.494 e. The fraction of sp³-hybridized carbons (Fsp3) is 0.476. The first-order chi connectivity index (χ1) is 26.7. The highest BCUT2D eigenvalue weighted by atomic mass is 35.5. The Balaban J connectivity index is 0.814. The number of fused-ring (bicyclic) bond motifs is 1. The van der Waals surface area contributed by atoms with Crippen molar-refractivity contribution >= 4 is 51.6 Å². The van der Waals surface area contributed by atoms with Crippen LogP contribution in [0.25, 0.3) is 10.9 Å². The number of ether oxygens (including phenoxy) is 1. The first-order valence-corrected chi connectivity index (χ1v) is 19.9. The zero-order valence-electron chi connectivity index (χ0n) is 31.2. The number of piperidine rings is 3. The summed E-state index contributed by atoms with van der Waals surface area (Å²) in [5.41, 5.74) is 4.33. The average Bonchev–Trinajstić information content (AvgIpc) is 3.62. The number of rotatable bonds is 8. The van der Waals surface area contributed by atoms with Crippen LogP contribution in [0.3, 0.4) is 0 Å². The van der Waals surface area contributed by atoms with Crippen molar-refractivity contribution in [3.8, 4) is 11.8 Å². The van der Waals surface area contributed by atoms with E-state index in [9.17, 15) is 19.6 Å². The fourth-order valence-corrected chi connectivity index (χ4v) is 9.49. The number of nitrogens with zero attached hydrogens (tertiary/aromatic N) is 6. The maximum Gasteiger partial charge on any atom is 0.257 e. The summed E-state index contributed by atoms with van der Waals surface area (Å²) in [7, 11) is 1.57. The molecule has 55 heavy (non-hydrogen) atoms. The van der Waals surface area contributed by atoms with Gasteiger partial charge in [0, 0.05) is 66.8 Å². The summed E-state index contributed by atoms with van der Waals surface area (Å²) >= 11 is 6.56. The predicted octanol–water partition coefficient (Wildman–Crippen LogP) is 6.85. The molecular formula is C42H47ClN8O4. The van der Waals surface area contributed by atoms with Gasteiger partial charge in [0.15, 0.2) is 0 Å². The standard InChI is InChI=1S/C42H47ClN8O4/c1-55-38-21-36-30(19-37(38)46-40(53)29-18-28(22-44)23-45-24-29)26-51(48-36)31-4-2-27(3-5-31)25-49-14-10-42(11-15-49)12-16-50(17-13-42)32-6-8-35(43)34(20-32)33-7-9-39(52)47-41(33)54/h6,8,18-21,23-24,26-27,31,33H,2-5,7,9-17,25H2,1H3,(H,46,53)(H,47,52,54)/t27-,31-,33?. The van der Waals surface area contributed by atoms with E-state index < -0.39 is 0 Å². The van der Waals surface area contributed by atoms with Crippen LogP contribution in [-0.4, -0.2) is 77.2 Å². The van der Waals surface area contributed by atoms with E-state index in [1.807, 2.05) is 24.3 Å². The lowest BCUT2D eigenvalue weighted by Gasteiger charge is -2.48. The molecule has 0 bridgehead atoms. The van der Waals surface area contributed by atoms with Gasteiger partial charge in [0.2, 0.25) is 11.8 Å². The molecule has 0 radical (unpaired) electrons. The van der Waals surface area contributed by atoms with E-state index in [1.165, 1.54) is 57.0 Å². The third kappa shape index (κ3) is 7.91. The summed E-state index contributed by atoms with van der Waals surface area (Å²) < 4.78 is 7.71. The molecule has 3 aliphatic heterocycles. The molecule has 1 saturated carbocycles. The van der Waals surface area contributed by atoms with Crippen LogP contribution in [0.4, 0.5) is 11.4 Å². The monoisotopic (exact) mass is 762 g/mol. The second-order valence-electron chi connectivity index (χ2n) is 15.9. The van der Waals surface area contributed by atoms with Gasteiger partial charge < -0.3 is 19.9 Å². The Bertz CT molecular complexity index is 2140. The number of nitrogens with one attached hydrogen (secondary N) is 2. The Hall–Kier alpha value is -4.99. The van der Waals surface area contributed by atoms with E-state index in [2.05, 4.69) is 48.4 Å². The van der Waals surface area contributed by atoms with Crippen molar-refractivity contribution in [3.05, 3.63) is 76.7 Å². The molecule has 1 atom stereocenters. The second kappa shape index (κ2) is 15.6. The number of anilines is 2. The molecule has 4 aliphatic rings. The Morgan fingerprint density at radius 3 is 2.51 bits per heavy atom. The summed E-state index contributed by atoms with van der Waals surface area (Å²) in [5, 5.41) is 21.0. The van der Waals surface area contributed by atoms with Crippen molar-refractivity contribution in [2.45, 2.75) is 76.2 Å². The number of carbonyl (C=O) groups is 3. The van der Waals surface area contributed by atoms with Gasteiger partial charge >= 0.3 is 0 Å². The molecule has 2 aromatic heterocycles. The molecule has 3 saturated heterocycles. The number of nitriles is 1.